The zero-order valence-electron chi connectivity index (χ0n) is 15.1. The van der Waals surface area contributed by atoms with E-state index in [-0.39, 0.29) is 18.0 Å². The van der Waals surface area contributed by atoms with Crippen molar-refractivity contribution in [1.82, 2.24) is 19.1 Å². The van der Waals surface area contributed by atoms with Crippen LogP contribution in [-0.4, -0.2) is 25.0 Å². The predicted molar refractivity (Wildman–Crippen MR) is 107 cm³/mol. The van der Waals surface area contributed by atoms with Crippen LogP contribution in [0.25, 0.3) is 21.3 Å². The molecule has 0 fully saturated rings. The molecule has 27 heavy (non-hydrogen) atoms. The van der Waals surface area contributed by atoms with Crippen molar-refractivity contribution < 1.29 is 4.79 Å². The molecule has 0 unspecified atom stereocenters. The largest absolute Gasteiger partial charge is 0.328 e. The molecule has 1 aromatic carbocycles. The number of hydrogen-bond donors (Lipinski definition) is 1. The fourth-order valence-electron chi connectivity index (χ4n) is 3.18. The summed E-state index contributed by atoms with van der Waals surface area (Å²) in [6.45, 7) is 4.94. The van der Waals surface area contributed by atoms with Crippen molar-refractivity contribution in [1.29, 1.82) is 0 Å². The smallest absolute Gasteiger partial charge is 0.271 e. The third-order valence-corrected chi connectivity index (χ3v) is 5.31. The number of nitrogens with zero attached hydrogens (tertiary/aromatic N) is 4. The topological polar surface area (TPSA) is 81.8 Å². The molecule has 4 rings (SSSR count). The Kier molecular flexibility index (Phi) is 4.49. The highest BCUT2D eigenvalue weighted by Gasteiger charge is 2.11. The van der Waals surface area contributed by atoms with Crippen LogP contribution in [0.2, 0.25) is 0 Å². The molecular formula is C19H19N5O2S. The maximum absolute atomic E-state index is 12.4. The van der Waals surface area contributed by atoms with Crippen LogP contribution in [0.15, 0.2) is 40.8 Å². The van der Waals surface area contributed by atoms with Crippen LogP contribution in [0.3, 0.4) is 0 Å². The van der Waals surface area contributed by atoms with Crippen molar-refractivity contribution in [3.8, 4) is 0 Å². The number of thiophene rings is 1. The number of benzene rings is 1. The Morgan fingerprint density at radius 2 is 2.11 bits per heavy atom. The molecule has 0 aliphatic carbocycles. The zero-order valence-corrected chi connectivity index (χ0v) is 15.9. The maximum atomic E-state index is 12.4. The number of anilines is 1. The molecule has 8 heteroatoms. The summed E-state index contributed by atoms with van der Waals surface area (Å²) in [5.41, 5.74) is 3.01. The van der Waals surface area contributed by atoms with E-state index in [1.165, 1.54) is 22.2 Å². The van der Waals surface area contributed by atoms with Gasteiger partial charge in [-0.05, 0) is 43.0 Å². The fourth-order valence-corrected chi connectivity index (χ4v) is 3.97. The summed E-state index contributed by atoms with van der Waals surface area (Å²) in [6.07, 6.45) is 2.44. The van der Waals surface area contributed by atoms with Gasteiger partial charge in [-0.15, -0.1) is 11.3 Å². The van der Waals surface area contributed by atoms with Gasteiger partial charge in [-0.25, -0.2) is 9.97 Å². The molecule has 1 N–H and O–H groups in total. The first-order chi connectivity index (χ1) is 13.1. The molecule has 138 valence electrons. The Hall–Kier alpha value is -3.00. The molecular weight excluding hydrogens is 362 g/mol. The van der Waals surface area contributed by atoms with Crippen LogP contribution in [0.5, 0.6) is 0 Å². The van der Waals surface area contributed by atoms with Crippen molar-refractivity contribution in [3.63, 3.8) is 0 Å². The minimum Gasteiger partial charge on any atom is -0.328 e. The average Bonchev–Trinajstić information content (AvgIpc) is 3.23. The fraction of sp³-hybridized carbons (Fsp3) is 0.263. The molecule has 0 aliphatic rings. The molecule has 0 bridgehead atoms. The molecule has 0 aliphatic heterocycles. The van der Waals surface area contributed by atoms with E-state index in [0.29, 0.717) is 15.9 Å². The number of amides is 1. The lowest BCUT2D eigenvalue weighted by molar-refractivity contribution is -0.116. The summed E-state index contributed by atoms with van der Waals surface area (Å²) in [5.74, 6) is 0.677. The number of aromatic nitrogens is 4. The first kappa shape index (κ1) is 17.4. The Labute approximate surface area is 159 Å². The third kappa shape index (κ3) is 3.23. The first-order valence-electron chi connectivity index (χ1n) is 8.76. The van der Waals surface area contributed by atoms with Gasteiger partial charge in [0.2, 0.25) is 5.91 Å². The lowest BCUT2D eigenvalue weighted by atomic mass is 10.2. The molecule has 0 saturated heterocycles. The molecule has 0 saturated carbocycles. The van der Waals surface area contributed by atoms with E-state index >= 15 is 0 Å². The van der Waals surface area contributed by atoms with E-state index in [2.05, 4.69) is 26.8 Å². The monoisotopic (exact) mass is 381 g/mol. The molecule has 3 aromatic heterocycles. The van der Waals surface area contributed by atoms with Gasteiger partial charge in [-0.3, -0.25) is 14.2 Å². The van der Waals surface area contributed by atoms with Crippen LogP contribution in [0.4, 0.5) is 5.69 Å². The average molecular weight is 381 g/mol. The van der Waals surface area contributed by atoms with E-state index in [0.717, 1.165) is 29.8 Å². The summed E-state index contributed by atoms with van der Waals surface area (Å²) in [4.78, 5) is 33.6. The van der Waals surface area contributed by atoms with Crippen molar-refractivity contribution in [2.75, 3.05) is 5.32 Å². The number of nitrogens with one attached hydrogen (secondary N) is 1. The van der Waals surface area contributed by atoms with Crippen LogP contribution in [0, 0.1) is 6.92 Å². The minimum absolute atomic E-state index is 0.0823. The van der Waals surface area contributed by atoms with Gasteiger partial charge in [0.05, 0.1) is 22.9 Å². The number of rotatable bonds is 5. The second-order valence-corrected chi connectivity index (χ2v) is 7.29. The first-order valence-corrected chi connectivity index (χ1v) is 9.64. The minimum atomic E-state index is -0.279. The number of carbonyl (C=O) groups excluding carboxylic acids is 1. The van der Waals surface area contributed by atoms with Gasteiger partial charge in [0.1, 0.15) is 17.1 Å². The van der Waals surface area contributed by atoms with Crippen LogP contribution in [-0.2, 0) is 17.9 Å². The van der Waals surface area contributed by atoms with Gasteiger partial charge in [0.15, 0.2) is 0 Å². The number of hydrogen-bond acceptors (Lipinski definition) is 5. The molecule has 4 aromatic rings. The lowest BCUT2D eigenvalue weighted by Gasteiger charge is -2.08. The van der Waals surface area contributed by atoms with Crippen molar-refractivity contribution in [2.45, 2.75) is 33.4 Å². The number of carbonyl (C=O) groups is 1. The van der Waals surface area contributed by atoms with E-state index < -0.39 is 0 Å². The second-order valence-electron chi connectivity index (χ2n) is 6.37. The summed E-state index contributed by atoms with van der Waals surface area (Å²) >= 11 is 1.33. The van der Waals surface area contributed by atoms with Gasteiger partial charge in [0, 0.05) is 12.2 Å². The number of aryl methyl sites for hydroxylation is 2. The van der Waals surface area contributed by atoms with E-state index in [9.17, 15) is 9.59 Å². The molecule has 0 atom stereocenters. The highest BCUT2D eigenvalue weighted by molar-refractivity contribution is 7.17. The van der Waals surface area contributed by atoms with Gasteiger partial charge < -0.3 is 9.88 Å². The Bertz CT molecular complexity index is 1200. The Balaban J connectivity index is 1.55. The lowest BCUT2D eigenvalue weighted by Crippen LogP contribution is -2.27. The summed E-state index contributed by atoms with van der Waals surface area (Å²) in [7, 11) is 0. The molecule has 0 spiro atoms. The molecule has 7 nitrogen and oxygen atoms in total. The highest BCUT2D eigenvalue weighted by Crippen LogP contribution is 2.21. The quantitative estimate of drug-likeness (QED) is 0.576. The number of imidazole rings is 1. The molecule has 1 amide bonds. The van der Waals surface area contributed by atoms with E-state index in [1.807, 2.05) is 30.5 Å². The normalized spacial score (nSPS) is 11.3. The Morgan fingerprint density at radius 1 is 1.26 bits per heavy atom. The summed E-state index contributed by atoms with van der Waals surface area (Å²) in [6, 6.07) is 7.47. The van der Waals surface area contributed by atoms with Crippen molar-refractivity contribution >= 4 is 44.2 Å². The molecule has 3 heterocycles. The van der Waals surface area contributed by atoms with Crippen LogP contribution < -0.4 is 10.9 Å². The Morgan fingerprint density at radius 3 is 2.93 bits per heavy atom. The summed E-state index contributed by atoms with van der Waals surface area (Å²) < 4.78 is 4.05. The van der Waals surface area contributed by atoms with E-state index in [4.69, 9.17) is 0 Å². The maximum Gasteiger partial charge on any atom is 0.271 e. The van der Waals surface area contributed by atoms with Gasteiger partial charge in [-0.1, -0.05) is 6.92 Å². The predicted octanol–water partition coefficient (Wildman–Crippen LogP) is 3.16. The van der Waals surface area contributed by atoms with Crippen molar-refractivity contribution in [3.05, 3.63) is 52.2 Å². The highest BCUT2D eigenvalue weighted by atomic mass is 32.1. The number of fused-ring (bicyclic) bond motifs is 2. The van der Waals surface area contributed by atoms with E-state index in [1.54, 1.807) is 6.07 Å². The van der Waals surface area contributed by atoms with Crippen LogP contribution in [0.1, 0.15) is 19.2 Å². The summed E-state index contributed by atoms with van der Waals surface area (Å²) in [5, 5.41) is 4.66. The van der Waals surface area contributed by atoms with Gasteiger partial charge in [-0.2, -0.15) is 0 Å². The zero-order chi connectivity index (χ0) is 19.0. The van der Waals surface area contributed by atoms with Gasteiger partial charge >= 0.3 is 0 Å². The van der Waals surface area contributed by atoms with Crippen molar-refractivity contribution in [2.24, 2.45) is 0 Å². The second kappa shape index (κ2) is 6.96. The third-order valence-electron chi connectivity index (χ3n) is 4.42. The van der Waals surface area contributed by atoms with Gasteiger partial charge in [0.25, 0.3) is 5.56 Å². The standard InChI is InChI=1S/C19H19N5O2S/c1-3-7-24-12(2)21-15-9-13(4-5-16(15)24)22-17(25)10-23-11-20-14-6-8-27-18(14)19(23)26/h4-6,8-9,11H,3,7,10H2,1-2H3,(H,22,25). The molecule has 0 radical (unpaired) electrons. The van der Waals surface area contributed by atoms with Crippen LogP contribution >= 0.6 is 11.3 Å². The SMILES string of the molecule is CCCn1c(C)nc2cc(NC(=O)Cn3cnc4ccsc4c3=O)ccc21.